The first-order valence-electron chi connectivity index (χ1n) is 5.56. The van der Waals surface area contributed by atoms with Gasteiger partial charge in [0.05, 0.1) is 12.0 Å². The van der Waals surface area contributed by atoms with E-state index in [1.54, 1.807) is 6.26 Å². The van der Waals surface area contributed by atoms with E-state index in [4.69, 9.17) is 4.42 Å². The summed E-state index contributed by atoms with van der Waals surface area (Å²) in [6.07, 6.45) is 2.84. The molecule has 0 aliphatic carbocycles. The van der Waals surface area contributed by atoms with Gasteiger partial charge in [0.2, 0.25) is 0 Å². The summed E-state index contributed by atoms with van der Waals surface area (Å²) in [6.45, 7) is 2.18. The minimum atomic E-state index is 0.947. The van der Waals surface area contributed by atoms with Crippen LogP contribution >= 0.6 is 11.8 Å². The van der Waals surface area contributed by atoms with Gasteiger partial charge in [-0.1, -0.05) is 31.2 Å². The largest absolute Gasteiger partial charge is 0.468 e. The number of aryl methyl sites for hydroxylation is 1. The van der Waals surface area contributed by atoms with Crippen LogP contribution < -0.4 is 0 Å². The van der Waals surface area contributed by atoms with Crippen LogP contribution in [0.4, 0.5) is 0 Å². The minimum absolute atomic E-state index is 0.947. The number of rotatable bonds is 5. The third-order valence-corrected chi connectivity index (χ3v) is 3.55. The SMILES string of the molecule is CCc1ccc(CSCc2ccco2)cc1. The van der Waals surface area contributed by atoms with Crippen molar-refractivity contribution >= 4 is 11.8 Å². The van der Waals surface area contributed by atoms with E-state index in [9.17, 15) is 0 Å². The van der Waals surface area contributed by atoms with Crippen molar-refractivity contribution < 1.29 is 4.42 Å². The zero-order chi connectivity index (χ0) is 11.2. The Morgan fingerprint density at radius 2 is 1.75 bits per heavy atom. The lowest BCUT2D eigenvalue weighted by molar-refractivity contribution is 0.530. The third-order valence-electron chi connectivity index (χ3n) is 2.52. The molecule has 0 saturated heterocycles. The molecule has 1 nitrogen and oxygen atoms in total. The fourth-order valence-corrected chi connectivity index (χ4v) is 2.43. The van der Waals surface area contributed by atoms with E-state index in [1.807, 2.05) is 23.9 Å². The van der Waals surface area contributed by atoms with Crippen molar-refractivity contribution in [3.05, 3.63) is 59.5 Å². The molecule has 0 saturated carbocycles. The summed E-state index contributed by atoms with van der Waals surface area (Å²) in [7, 11) is 0. The highest BCUT2D eigenvalue weighted by molar-refractivity contribution is 7.97. The summed E-state index contributed by atoms with van der Waals surface area (Å²) >= 11 is 1.88. The van der Waals surface area contributed by atoms with E-state index in [0.717, 1.165) is 23.7 Å². The Bertz CT molecular complexity index is 403. The predicted molar refractivity (Wildman–Crippen MR) is 69.5 cm³/mol. The molecule has 0 spiro atoms. The van der Waals surface area contributed by atoms with E-state index in [-0.39, 0.29) is 0 Å². The highest BCUT2D eigenvalue weighted by Crippen LogP contribution is 2.18. The first-order chi connectivity index (χ1) is 7.88. The van der Waals surface area contributed by atoms with Crippen LogP contribution in [-0.4, -0.2) is 0 Å². The van der Waals surface area contributed by atoms with Gasteiger partial charge in [0.25, 0.3) is 0 Å². The van der Waals surface area contributed by atoms with Crippen LogP contribution in [0.1, 0.15) is 23.8 Å². The smallest absolute Gasteiger partial charge is 0.113 e. The second-order valence-electron chi connectivity index (χ2n) is 3.74. The van der Waals surface area contributed by atoms with Crippen molar-refractivity contribution in [2.75, 3.05) is 0 Å². The molecule has 0 unspecified atom stereocenters. The molecule has 84 valence electrons. The molecule has 0 N–H and O–H groups in total. The van der Waals surface area contributed by atoms with Crippen molar-refractivity contribution in [3.8, 4) is 0 Å². The van der Waals surface area contributed by atoms with Gasteiger partial charge < -0.3 is 4.42 Å². The van der Waals surface area contributed by atoms with Gasteiger partial charge in [0.1, 0.15) is 5.76 Å². The van der Waals surface area contributed by atoms with Gasteiger partial charge in [-0.05, 0) is 29.7 Å². The lowest BCUT2D eigenvalue weighted by atomic mass is 10.1. The standard InChI is InChI=1S/C14H16OS/c1-2-12-5-7-13(8-6-12)10-16-11-14-4-3-9-15-14/h3-9H,2,10-11H2,1H3. The second kappa shape index (κ2) is 5.80. The van der Waals surface area contributed by atoms with Crippen LogP contribution in [0, 0.1) is 0 Å². The van der Waals surface area contributed by atoms with Crippen LogP contribution in [0.3, 0.4) is 0 Å². The van der Waals surface area contributed by atoms with Gasteiger partial charge in [-0.15, -0.1) is 11.8 Å². The first kappa shape index (κ1) is 11.3. The van der Waals surface area contributed by atoms with Crippen LogP contribution in [0.25, 0.3) is 0 Å². The number of hydrogen-bond acceptors (Lipinski definition) is 2. The van der Waals surface area contributed by atoms with E-state index < -0.39 is 0 Å². The minimum Gasteiger partial charge on any atom is -0.468 e. The Labute approximate surface area is 101 Å². The molecular formula is C14H16OS. The molecule has 1 aromatic carbocycles. The number of furan rings is 1. The normalized spacial score (nSPS) is 10.6. The maximum atomic E-state index is 5.29. The van der Waals surface area contributed by atoms with Crippen LogP contribution in [0.2, 0.25) is 0 Å². The lowest BCUT2D eigenvalue weighted by Gasteiger charge is -2.02. The van der Waals surface area contributed by atoms with Gasteiger partial charge in [0, 0.05) is 5.75 Å². The van der Waals surface area contributed by atoms with Crippen molar-refractivity contribution in [1.29, 1.82) is 0 Å². The van der Waals surface area contributed by atoms with E-state index in [0.29, 0.717) is 0 Å². The van der Waals surface area contributed by atoms with Gasteiger partial charge in [-0.2, -0.15) is 0 Å². The molecule has 2 aromatic rings. The second-order valence-corrected chi connectivity index (χ2v) is 4.73. The topological polar surface area (TPSA) is 13.1 Å². The zero-order valence-electron chi connectivity index (χ0n) is 9.48. The van der Waals surface area contributed by atoms with E-state index in [1.165, 1.54) is 11.1 Å². The van der Waals surface area contributed by atoms with Crippen molar-refractivity contribution in [3.63, 3.8) is 0 Å². The van der Waals surface area contributed by atoms with Gasteiger partial charge in [-0.25, -0.2) is 0 Å². The first-order valence-corrected chi connectivity index (χ1v) is 6.72. The van der Waals surface area contributed by atoms with Crippen LogP contribution in [-0.2, 0) is 17.9 Å². The summed E-state index contributed by atoms with van der Waals surface area (Å²) in [6, 6.07) is 12.8. The number of hydrogen-bond donors (Lipinski definition) is 0. The summed E-state index contributed by atoms with van der Waals surface area (Å²) in [5, 5.41) is 0. The maximum Gasteiger partial charge on any atom is 0.113 e. The Morgan fingerprint density at radius 3 is 2.38 bits per heavy atom. The predicted octanol–water partition coefficient (Wildman–Crippen LogP) is 4.28. The van der Waals surface area contributed by atoms with Gasteiger partial charge >= 0.3 is 0 Å². The Morgan fingerprint density at radius 1 is 1.00 bits per heavy atom. The molecule has 0 aliphatic heterocycles. The lowest BCUT2D eigenvalue weighted by Crippen LogP contribution is -1.84. The molecule has 0 fully saturated rings. The van der Waals surface area contributed by atoms with Crippen LogP contribution in [0.5, 0.6) is 0 Å². The Balaban J connectivity index is 1.81. The van der Waals surface area contributed by atoms with E-state index >= 15 is 0 Å². The molecule has 1 aromatic heterocycles. The third kappa shape index (κ3) is 3.17. The quantitative estimate of drug-likeness (QED) is 0.763. The Kier molecular flexibility index (Phi) is 4.11. The molecule has 16 heavy (non-hydrogen) atoms. The molecule has 0 aliphatic rings. The molecule has 0 atom stereocenters. The average molecular weight is 232 g/mol. The molecule has 1 heterocycles. The van der Waals surface area contributed by atoms with Crippen LogP contribution in [0.15, 0.2) is 47.1 Å². The summed E-state index contributed by atoms with van der Waals surface area (Å²) in [5.41, 5.74) is 2.79. The molecule has 0 bridgehead atoms. The highest BCUT2D eigenvalue weighted by atomic mass is 32.2. The maximum absolute atomic E-state index is 5.29. The highest BCUT2D eigenvalue weighted by Gasteiger charge is 1.97. The van der Waals surface area contributed by atoms with Gasteiger partial charge in [0.15, 0.2) is 0 Å². The van der Waals surface area contributed by atoms with Crippen molar-refractivity contribution in [2.45, 2.75) is 24.9 Å². The molecular weight excluding hydrogens is 216 g/mol. The fourth-order valence-electron chi connectivity index (χ4n) is 1.54. The van der Waals surface area contributed by atoms with E-state index in [2.05, 4.69) is 31.2 Å². The number of benzene rings is 1. The van der Waals surface area contributed by atoms with Gasteiger partial charge in [-0.3, -0.25) is 0 Å². The number of thioether (sulfide) groups is 1. The molecule has 2 rings (SSSR count). The summed E-state index contributed by atoms with van der Waals surface area (Å²) in [4.78, 5) is 0. The van der Waals surface area contributed by atoms with Crippen molar-refractivity contribution in [1.82, 2.24) is 0 Å². The zero-order valence-corrected chi connectivity index (χ0v) is 10.3. The average Bonchev–Trinajstić information content (AvgIpc) is 2.83. The van der Waals surface area contributed by atoms with Crippen molar-refractivity contribution in [2.24, 2.45) is 0 Å². The molecule has 0 amide bonds. The summed E-state index contributed by atoms with van der Waals surface area (Å²) < 4.78 is 5.29. The summed E-state index contributed by atoms with van der Waals surface area (Å²) in [5.74, 6) is 3.04. The molecule has 0 radical (unpaired) electrons. The fraction of sp³-hybridized carbons (Fsp3) is 0.286. The Hall–Kier alpha value is -1.15. The monoisotopic (exact) mass is 232 g/mol. The molecule has 2 heteroatoms.